The van der Waals surface area contributed by atoms with Crippen LogP contribution in [-0.2, 0) is 11.2 Å². The van der Waals surface area contributed by atoms with Gasteiger partial charge in [-0.2, -0.15) is 0 Å². The quantitative estimate of drug-likeness (QED) is 0.726. The smallest absolute Gasteiger partial charge is 0.227 e. The van der Waals surface area contributed by atoms with E-state index in [0.717, 1.165) is 24.2 Å². The van der Waals surface area contributed by atoms with E-state index in [1.807, 2.05) is 17.0 Å². The van der Waals surface area contributed by atoms with Crippen LogP contribution in [0.5, 0.6) is 0 Å². The number of hydrogen-bond donors (Lipinski definition) is 2. The summed E-state index contributed by atoms with van der Waals surface area (Å²) >= 11 is 6.00. The van der Waals surface area contributed by atoms with Gasteiger partial charge in [0, 0.05) is 49.2 Å². The molecule has 1 saturated heterocycles. The van der Waals surface area contributed by atoms with Crippen LogP contribution in [0, 0.1) is 10.7 Å². The van der Waals surface area contributed by atoms with Crippen molar-refractivity contribution in [3.63, 3.8) is 0 Å². The van der Waals surface area contributed by atoms with Gasteiger partial charge in [0.1, 0.15) is 5.35 Å². The van der Waals surface area contributed by atoms with Crippen molar-refractivity contribution in [3.8, 4) is 11.1 Å². The molecule has 2 N–H and O–H groups in total. The number of likely N-dealkylation sites (N-methyl/N-ethyl adjacent to an activating group) is 1. The zero-order valence-electron chi connectivity index (χ0n) is 15.1. The third kappa shape index (κ3) is 3.38. The first-order valence-electron chi connectivity index (χ1n) is 8.97. The normalized spacial score (nSPS) is 15.4. The molecule has 2 aliphatic heterocycles. The summed E-state index contributed by atoms with van der Waals surface area (Å²) in [5.74, 6) is 0.0440. The van der Waals surface area contributed by atoms with Gasteiger partial charge in [-0.1, -0.05) is 23.7 Å². The van der Waals surface area contributed by atoms with Crippen LogP contribution in [0.4, 0.5) is 0 Å². The number of carbonyl (C=O) groups excluding carboxylic acids is 1. The van der Waals surface area contributed by atoms with Crippen LogP contribution in [0.15, 0.2) is 41.5 Å². The van der Waals surface area contributed by atoms with Crippen molar-refractivity contribution < 1.29 is 4.79 Å². The van der Waals surface area contributed by atoms with Crippen LogP contribution in [0.1, 0.15) is 5.56 Å². The maximum absolute atomic E-state index is 13.0. The highest BCUT2D eigenvalue weighted by atomic mass is 35.5. The van der Waals surface area contributed by atoms with Crippen LogP contribution in [-0.4, -0.2) is 58.9 Å². The molecule has 140 valence electrons. The van der Waals surface area contributed by atoms with E-state index in [4.69, 9.17) is 11.6 Å². The minimum atomic E-state index is -0.106. The summed E-state index contributed by atoms with van der Waals surface area (Å²) < 4.78 is 0. The number of aromatic amines is 2. The Labute approximate surface area is 161 Å². The largest absolute Gasteiger partial charge is 0.358 e. The molecule has 0 aromatic heterocycles. The lowest BCUT2D eigenvalue weighted by atomic mass is 10.0. The molecule has 0 saturated carbocycles. The second kappa shape index (κ2) is 7.21. The number of hydrogen-bond acceptors (Lipinski definition) is 3. The Kier molecular flexibility index (Phi) is 4.76. The predicted octanol–water partition coefficient (Wildman–Crippen LogP) is 2.06. The lowest BCUT2D eigenvalue weighted by Gasteiger charge is -2.32. The van der Waals surface area contributed by atoms with Gasteiger partial charge in [0.25, 0.3) is 0 Å². The summed E-state index contributed by atoms with van der Waals surface area (Å²) in [6.45, 7) is 3.16. The summed E-state index contributed by atoms with van der Waals surface area (Å²) in [5, 5.41) is 1.79. The second-order valence-electron chi connectivity index (χ2n) is 6.92. The fourth-order valence-corrected chi connectivity index (χ4v) is 3.74. The van der Waals surface area contributed by atoms with Crippen molar-refractivity contribution in [2.24, 2.45) is 0 Å². The first-order chi connectivity index (χ1) is 13.0. The van der Waals surface area contributed by atoms with Gasteiger partial charge in [-0.3, -0.25) is 9.59 Å². The highest BCUT2D eigenvalue weighted by Gasteiger charge is 2.24. The van der Waals surface area contributed by atoms with Gasteiger partial charge in [-0.25, -0.2) is 0 Å². The Hall–Kier alpha value is -2.57. The van der Waals surface area contributed by atoms with Crippen molar-refractivity contribution in [1.82, 2.24) is 19.8 Å². The highest BCUT2D eigenvalue weighted by Crippen LogP contribution is 2.25. The molecule has 1 aromatic rings. The van der Waals surface area contributed by atoms with Crippen molar-refractivity contribution in [2.75, 3.05) is 33.2 Å². The minimum Gasteiger partial charge on any atom is -0.358 e. The van der Waals surface area contributed by atoms with Crippen molar-refractivity contribution >= 4 is 17.5 Å². The minimum absolute atomic E-state index is 0.0440. The number of nitrogens with zero attached hydrogens (tertiary/aromatic N) is 2. The molecule has 0 radical (unpaired) electrons. The Morgan fingerprint density at radius 1 is 1.04 bits per heavy atom. The fourth-order valence-electron chi connectivity index (χ4n) is 3.62. The molecule has 7 heteroatoms. The Bertz CT molecular complexity index is 1080. The summed E-state index contributed by atoms with van der Waals surface area (Å²) in [5.41, 5.74) is 1.95. The molecular weight excluding hydrogens is 364 g/mol. The molecule has 6 nitrogen and oxygen atoms in total. The molecule has 0 unspecified atom stereocenters. The highest BCUT2D eigenvalue weighted by molar-refractivity contribution is 6.30. The van der Waals surface area contributed by atoms with Crippen LogP contribution in [0.25, 0.3) is 11.1 Å². The van der Waals surface area contributed by atoms with E-state index in [0.29, 0.717) is 34.4 Å². The number of halogens is 1. The second-order valence-corrected chi connectivity index (χ2v) is 7.36. The topological polar surface area (TPSA) is 72.2 Å². The number of H-pyrrole nitrogens is 2. The molecule has 0 spiro atoms. The van der Waals surface area contributed by atoms with Crippen LogP contribution < -0.4 is 5.43 Å². The molecule has 27 heavy (non-hydrogen) atoms. The van der Waals surface area contributed by atoms with Crippen LogP contribution >= 0.6 is 11.6 Å². The Morgan fingerprint density at radius 2 is 1.67 bits per heavy atom. The average Bonchev–Trinajstić information content (AvgIpc) is 2.95. The summed E-state index contributed by atoms with van der Waals surface area (Å²) in [6, 6.07) is 7.16. The molecule has 1 aliphatic carbocycles. The average molecular weight is 385 g/mol. The van der Waals surface area contributed by atoms with Crippen LogP contribution in [0.2, 0.25) is 5.02 Å². The van der Waals surface area contributed by atoms with Gasteiger partial charge in [0.2, 0.25) is 11.3 Å². The number of piperazine rings is 1. The molecule has 2 heterocycles. The first-order valence-corrected chi connectivity index (χ1v) is 9.35. The van der Waals surface area contributed by atoms with Crippen molar-refractivity contribution in [3.05, 3.63) is 68.2 Å². The van der Waals surface area contributed by atoms with Gasteiger partial charge in [-0.15, -0.1) is 0 Å². The van der Waals surface area contributed by atoms with E-state index in [1.54, 1.807) is 24.5 Å². The summed E-state index contributed by atoms with van der Waals surface area (Å²) in [4.78, 5) is 36.2. The zero-order chi connectivity index (χ0) is 19.0. The van der Waals surface area contributed by atoms with E-state index in [9.17, 15) is 9.59 Å². The van der Waals surface area contributed by atoms with Gasteiger partial charge >= 0.3 is 0 Å². The van der Waals surface area contributed by atoms with E-state index in [-0.39, 0.29) is 17.8 Å². The van der Waals surface area contributed by atoms with Gasteiger partial charge in [0.15, 0.2) is 0 Å². The van der Waals surface area contributed by atoms with Crippen LogP contribution in [0.3, 0.4) is 0 Å². The molecule has 0 atom stereocenters. The van der Waals surface area contributed by atoms with Crippen molar-refractivity contribution in [1.29, 1.82) is 0 Å². The zero-order valence-corrected chi connectivity index (χ0v) is 15.8. The number of benzene rings is 1. The van der Waals surface area contributed by atoms with Crippen molar-refractivity contribution in [2.45, 2.75) is 6.42 Å². The van der Waals surface area contributed by atoms with E-state index < -0.39 is 0 Å². The third-order valence-corrected chi connectivity index (χ3v) is 5.42. The SMILES string of the molecule is CN1CCN(C(=O)Cc2c(-c3ccc(Cl)cc3)c(=O)c3[nH]cc[nH]c2=3)CC1. The fraction of sp³-hybridized carbons (Fsp3) is 0.300. The maximum Gasteiger partial charge on any atom is 0.227 e. The lowest BCUT2D eigenvalue weighted by Crippen LogP contribution is -2.47. The Balaban J connectivity index is 1.78. The molecule has 3 aliphatic rings. The molecule has 0 bridgehead atoms. The summed E-state index contributed by atoms with van der Waals surface area (Å²) in [6.07, 6.45) is 3.60. The Morgan fingerprint density at radius 3 is 2.33 bits per heavy atom. The van der Waals surface area contributed by atoms with Gasteiger partial charge < -0.3 is 19.8 Å². The third-order valence-electron chi connectivity index (χ3n) is 5.16. The number of rotatable bonds is 3. The standard InChI is InChI=1S/C20H21ClN4O2/c1-24-8-10-25(11-9-24)16(26)12-15-17(13-2-4-14(21)5-3-13)20(27)19-18(15)22-6-7-23-19/h2-7,22-23H,8-12H2,1H3. The molecule has 1 aromatic carbocycles. The maximum atomic E-state index is 13.0. The first kappa shape index (κ1) is 17.8. The van der Waals surface area contributed by atoms with Gasteiger partial charge in [-0.05, 0) is 30.3 Å². The molecule has 4 rings (SSSR count). The van der Waals surface area contributed by atoms with E-state index >= 15 is 0 Å². The molecule has 1 amide bonds. The summed E-state index contributed by atoms with van der Waals surface area (Å²) in [7, 11) is 2.06. The monoisotopic (exact) mass is 384 g/mol. The molecular formula is C20H21ClN4O2. The predicted molar refractivity (Wildman–Crippen MR) is 105 cm³/mol. The van der Waals surface area contributed by atoms with Gasteiger partial charge in [0.05, 0.1) is 11.8 Å². The number of carbonyl (C=O) groups is 1. The number of aromatic nitrogens is 2. The lowest BCUT2D eigenvalue weighted by molar-refractivity contribution is -0.132. The number of nitrogens with one attached hydrogen (secondary N) is 2. The van der Waals surface area contributed by atoms with E-state index in [1.165, 1.54) is 0 Å². The number of amides is 1. The van der Waals surface area contributed by atoms with E-state index in [2.05, 4.69) is 21.9 Å². The molecule has 1 fully saturated rings.